The Hall–Kier alpha value is -1.36. The highest BCUT2D eigenvalue weighted by molar-refractivity contribution is 6.33. The van der Waals surface area contributed by atoms with Gasteiger partial charge in [0, 0.05) is 12.8 Å². The van der Waals surface area contributed by atoms with Gasteiger partial charge >= 0.3 is 5.97 Å². The molecule has 2 rings (SSSR count). The first-order chi connectivity index (χ1) is 8.87. The number of hydrogen-bond donors (Lipinski definition) is 1. The molecule has 1 unspecified atom stereocenters. The van der Waals surface area contributed by atoms with Gasteiger partial charge in [-0.3, -0.25) is 0 Å². The number of benzene rings is 1. The summed E-state index contributed by atoms with van der Waals surface area (Å²) in [5, 5.41) is 9.02. The van der Waals surface area contributed by atoms with Crippen LogP contribution in [0.3, 0.4) is 0 Å². The summed E-state index contributed by atoms with van der Waals surface area (Å²) < 4.78 is 31.4. The summed E-state index contributed by atoms with van der Waals surface area (Å²) >= 11 is 5.72. The van der Waals surface area contributed by atoms with E-state index in [-0.39, 0.29) is 36.0 Å². The van der Waals surface area contributed by atoms with Gasteiger partial charge in [-0.2, -0.15) is 0 Å². The fraction of sp³-hybridized carbons (Fsp3) is 0.462. The van der Waals surface area contributed by atoms with Gasteiger partial charge in [0.05, 0.1) is 17.2 Å². The molecular weight excluding hydrogens is 278 g/mol. The molecule has 6 heteroatoms. The summed E-state index contributed by atoms with van der Waals surface area (Å²) in [6.07, 6.45) is 0.140. The van der Waals surface area contributed by atoms with Crippen LogP contribution in [0.4, 0.5) is 8.78 Å². The van der Waals surface area contributed by atoms with Gasteiger partial charge in [-0.25, -0.2) is 13.6 Å². The Bertz CT molecular complexity index is 491. The number of alkyl halides is 2. The van der Waals surface area contributed by atoms with Crippen LogP contribution < -0.4 is 4.74 Å². The molecule has 104 valence electrons. The Labute approximate surface area is 114 Å². The van der Waals surface area contributed by atoms with Crippen molar-refractivity contribution >= 4 is 17.6 Å². The van der Waals surface area contributed by atoms with Gasteiger partial charge in [0.25, 0.3) is 0 Å². The third kappa shape index (κ3) is 3.56. The van der Waals surface area contributed by atoms with E-state index in [9.17, 15) is 13.6 Å². The molecule has 1 aromatic rings. The van der Waals surface area contributed by atoms with Gasteiger partial charge in [0.2, 0.25) is 5.92 Å². The fourth-order valence-electron chi connectivity index (χ4n) is 2.16. The maximum atomic E-state index is 13.0. The third-order valence-electron chi connectivity index (χ3n) is 3.16. The van der Waals surface area contributed by atoms with E-state index in [1.807, 2.05) is 0 Å². The van der Waals surface area contributed by atoms with E-state index in [0.717, 1.165) is 0 Å². The molecule has 1 aliphatic carbocycles. The molecule has 1 atom stereocenters. The average molecular weight is 291 g/mol. The van der Waals surface area contributed by atoms with E-state index in [1.165, 1.54) is 18.2 Å². The highest BCUT2D eigenvalue weighted by atomic mass is 35.5. The van der Waals surface area contributed by atoms with Crippen molar-refractivity contribution < 1.29 is 23.4 Å². The Morgan fingerprint density at radius 1 is 1.53 bits per heavy atom. The first kappa shape index (κ1) is 14.1. The Morgan fingerprint density at radius 3 is 2.84 bits per heavy atom. The highest BCUT2D eigenvalue weighted by Crippen LogP contribution is 2.39. The molecule has 1 aliphatic rings. The molecule has 1 fully saturated rings. The van der Waals surface area contributed by atoms with Crippen LogP contribution in [0.25, 0.3) is 0 Å². The van der Waals surface area contributed by atoms with Crippen LogP contribution in [0.15, 0.2) is 18.2 Å². The van der Waals surface area contributed by atoms with Crippen molar-refractivity contribution in [2.45, 2.75) is 25.2 Å². The Kier molecular flexibility index (Phi) is 3.94. The summed E-state index contributed by atoms with van der Waals surface area (Å²) in [7, 11) is 0. The molecular formula is C13H13ClF2O3. The average Bonchev–Trinajstić information content (AvgIpc) is 2.67. The van der Waals surface area contributed by atoms with Crippen molar-refractivity contribution in [2.75, 3.05) is 6.61 Å². The summed E-state index contributed by atoms with van der Waals surface area (Å²) in [6, 6.07) is 4.25. The number of carboxylic acid groups (broad SMARTS) is 1. The largest absolute Gasteiger partial charge is 0.493 e. The van der Waals surface area contributed by atoms with Crippen molar-refractivity contribution in [1.82, 2.24) is 0 Å². The molecule has 1 aromatic carbocycles. The maximum absolute atomic E-state index is 13.0. The Morgan fingerprint density at radius 2 is 2.26 bits per heavy atom. The quantitative estimate of drug-likeness (QED) is 0.916. The zero-order valence-corrected chi connectivity index (χ0v) is 10.8. The minimum atomic E-state index is -2.60. The first-order valence-corrected chi connectivity index (χ1v) is 6.29. The number of carboxylic acids is 1. The lowest BCUT2D eigenvalue weighted by atomic mass is 10.1. The molecule has 1 saturated carbocycles. The summed E-state index contributed by atoms with van der Waals surface area (Å²) in [4.78, 5) is 10.9. The maximum Gasteiger partial charge on any atom is 0.337 e. The molecule has 3 nitrogen and oxygen atoms in total. The fourth-order valence-corrected chi connectivity index (χ4v) is 2.35. The van der Waals surface area contributed by atoms with Crippen molar-refractivity contribution in [3.63, 3.8) is 0 Å². The number of carbonyl (C=O) groups is 1. The van der Waals surface area contributed by atoms with Crippen LogP contribution in [0.5, 0.6) is 5.75 Å². The van der Waals surface area contributed by atoms with Gasteiger partial charge in [-0.05, 0) is 30.5 Å². The molecule has 0 spiro atoms. The van der Waals surface area contributed by atoms with Gasteiger partial charge in [0.15, 0.2) is 0 Å². The van der Waals surface area contributed by atoms with Crippen molar-refractivity contribution in [1.29, 1.82) is 0 Å². The van der Waals surface area contributed by atoms with Gasteiger partial charge < -0.3 is 9.84 Å². The second-order valence-corrected chi connectivity index (χ2v) is 5.13. The minimum Gasteiger partial charge on any atom is -0.493 e. The van der Waals surface area contributed by atoms with E-state index < -0.39 is 11.9 Å². The molecule has 0 saturated heterocycles. The van der Waals surface area contributed by atoms with Crippen molar-refractivity contribution in [3.8, 4) is 5.75 Å². The van der Waals surface area contributed by atoms with Crippen LogP contribution >= 0.6 is 11.6 Å². The molecule has 0 aromatic heterocycles. The van der Waals surface area contributed by atoms with Crippen LogP contribution in [0, 0.1) is 5.92 Å². The monoisotopic (exact) mass is 290 g/mol. The van der Waals surface area contributed by atoms with E-state index in [2.05, 4.69) is 0 Å². The summed E-state index contributed by atoms with van der Waals surface area (Å²) in [6.45, 7) is 0.163. The summed E-state index contributed by atoms with van der Waals surface area (Å²) in [5.41, 5.74) is -0.0593. The molecule has 0 aliphatic heterocycles. The van der Waals surface area contributed by atoms with E-state index in [1.54, 1.807) is 0 Å². The molecule has 0 radical (unpaired) electrons. The molecule has 0 bridgehead atoms. The Balaban J connectivity index is 1.97. The molecule has 0 heterocycles. The van der Waals surface area contributed by atoms with Crippen molar-refractivity contribution in [3.05, 3.63) is 28.8 Å². The van der Waals surface area contributed by atoms with Crippen LogP contribution in [0.2, 0.25) is 5.02 Å². The third-order valence-corrected chi connectivity index (χ3v) is 3.49. The number of aromatic carboxylic acids is 1. The lowest BCUT2D eigenvalue weighted by Gasteiger charge is -2.13. The second-order valence-electron chi connectivity index (χ2n) is 4.72. The highest BCUT2D eigenvalue weighted by Gasteiger charge is 2.39. The van der Waals surface area contributed by atoms with Crippen LogP contribution in [0.1, 0.15) is 29.6 Å². The topological polar surface area (TPSA) is 46.5 Å². The van der Waals surface area contributed by atoms with E-state index >= 15 is 0 Å². The molecule has 19 heavy (non-hydrogen) atoms. The number of hydrogen-bond acceptors (Lipinski definition) is 2. The number of rotatable bonds is 4. The van der Waals surface area contributed by atoms with E-state index in [0.29, 0.717) is 12.2 Å². The first-order valence-electron chi connectivity index (χ1n) is 5.91. The zero-order chi connectivity index (χ0) is 14.0. The standard InChI is InChI=1S/C13H13ClF2O3/c14-11-2-1-9(5-10(11)12(17)18)19-7-8-3-4-13(15,16)6-8/h1-2,5,8H,3-4,6-7H2,(H,17,18). The number of halogens is 3. The van der Waals surface area contributed by atoms with Gasteiger partial charge in [0.1, 0.15) is 5.75 Å². The normalized spacial score (nSPS) is 21.3. The molecule has 0 amide bonds. The minimum absolute atomic E-state index is 0.0593. The predicted molar refractivity (Wildman–Crippen MR) is 66.2 cm³/mol. The van der Waals surface area contributed by atoms with E-state index in [4.69, 9.17) is 21.4 Å². The zero-order valence-electron chi connectivity index (χ0n) is 10.0. The SMILES string of the molecule is O=C(O)c1cc(OCC2CCC(F)(F)C2)ccc1Cl. The summed E-state index contributed by atoms with van der Waals surface area (Å²) in [5.74, 6) is -3.61. The predicted octanol–water partition coefficient (Wildman–Crippen LogP) is 3.85. The lowest BCUT2D eigenvalue weighted by molar-refractivity contribution is 0.00291. The van der Waals surface area contributed by atoms with Crippen LogP contribution in [-0.4, -0.2) is 23.6 Å². The lowest BCUT2D eigenvalue weighted by Crippen LogP contribution is -2.14. The number of ether oxygens (including phenoxy) is 1. The second kappa shape index (κ2) is 5.33. The smallest absolute Gasteiger partial charge is 0.337 e. The van der Waals surface area contributed by atoms with Crippen LogP contribution in [-0.2, 0) is 0 Å². The van der Waals surface area contributed by atoms with Gasteiger partial charge in [-0.1, -0.05) is 11.6 Å². The van der Waals surface area contributed by atoms with Crippen molar-refractivity contribution in [2.24, 2.45) is 5.92 Å². The molecule has 1 N–H and O–H groups in total. The van der Waals surface area contributed by atoms with Gasteiger partial charge in [-0.15, -0.1) is 0 Å².